The fourth-order valence-electron chi connectivity index (χ4n) is 3.87. The number of hydrogen-bond acceptors (Lipinski definition) is 5. The first-order valence-corrected chi connectivity index (χ1v) is 10.2. The lowest BCUT2D eigenvalue weighted by atomic mass is 9.84. The highest BCUT2D eigenvalue weighted by Crippen LogP contribution is 2.30. The SMILES string of the molecule is CCC[C@H](N[C@@H](C)C(=O)N([C@@H](C)C(=O)O)[C@H]1CCCC[C@H]1C)C(=O)OCC. The number of rotatable bonds is 10. The molecule has 1 fully saturated rings. The van der Waals surface area contributed by atoms with Gasteiger partial charge in [0.05, 0.1) is 12.6 Å². The minimum absolute atomic E-state index is 0.0891. The van der Waals surface area contributed by atoms with Crippen LogP contribution in [0.3, 0.4) is 0 Å². The van der Waals surface area contributed by atoms with Gasteiger partial charge in [0.1, 0.15) is 12.1 Å². The van der Waals surface area contributed by atoms with Gasteiger partial charge >= 0.3 is 11.9 Å². The molecule has 0 aromatic heterocycles. The molecule has 1 aliphatic rings. The summed E-state index contributed by atoms with van der Waals surface area (Å²) >= 11 is 0. The van der Waals surface area contributed by atoms with Gasteiger partial charge in [-0.05, 0) is 46.0 Å². The van der Waals surface area contributed by atoms with Crippen LogP contribution in [0, 0.1) is 5.92 Å². The Morgan fingerprint density at radius 3 is 2.33 bits per heavy atom. The summed E-state index contributed by atoms with van der Waals surface area (Å²) in [6.45, 7) is 9.32. The zero-order valence-corrected chi connectivity index (χ0v) is 17.4. The van der Waals surface area contributed by atoms with E-state index in [0.717, 1.165) is 32.1 Å². The number of carbonyl (C=O) groups excluding carboxylic acids is 2. The highest BCUT2D eigenvalue weighted by Gasteiger charge is 2.38. The number of esters is 1. The number of ether oxygens (including phenoxy) is 1. The number of nitrogens with one attached hydrogen (secondary N) is 1. The molecule has 7 heteroatoms. The molecule has 0 radical (unpaired) electrons. The second-order valence-electron chi connectivity index (χ2n) is 7.57. The molecule has 0 unspecified atom stereocenters. The zero-order valence-electron chi connectivity index (χ0n) is 17.4. The summed E-state index contributed by atoms with van der Waals surface area (Å²) in [5.74, 6) is -1.39. The summed E-state index contributed by atoms with van der Waals surface area (Å²) in [5, 5.41) is 12.6. The topological polar surface area (TPSA) is 95.9 Å². The standard InChI is InChI=1S/C20H36N2O5/c1-6-10-16(20(26)27-7-2)21-14(4)18(23)22(15(5)19(24)25)17-12-9-8-11-13(17)3/h13-17,21H,6-12H2,1-5H3,(H,24,25)/t13-,14+,15+,16+,17+/m1/s1. The molecule has 2 N–H and O–H groups in total. The van der Waals surface area contributed by atoms with Crippen molar-refractivity contribution >= 4 is 17.8 Å². The number of aliphatic carboxylic acids is 1. The van der Waals surface area contributed by atoms with Crippen LogP contribution >= 0.6 is 0 Å². The lowest BCUT2D eigenvalue weighted by molar-refractivity contribution is -0.155. The molecule has 0 bridgehead atoms. The van der Waals surface area contributed by atoms with Crippen LogP contribution in [0.2, 0.25) is 0 Å². The molecule has 0 spiro atoms. The second-order valence-corrected chi connectivity index (χ2v) is 7.57. The van der Waals surface area contributed by atoms with Gasteiger partial charge in [0.15, 0.2) is 0 Å². The van der Waals surface area contributed by atoms with E-state index in [-0.39, 0.29) is 30.4 Å². The van der Waals surface area contributed by atoms with Crippen molar-refractivity contribution in [1.82, 2.24) is 10.2 Å². The van der Waals surface area contributed by atoms with Crippen molar-refractivity contribution in [2.24, 2.45) is 5.92 Å². The Morgan fingerprint density at radius 1 is 1.19 bits per heavy atom. The normalized spacial score (nSPS) is 23.1. The first-order chi connectivity index (χ1) is 12.7. The molecule has 0 heterocycles. The molecule has 1 amide bonds. The van der Waals surface area contributed by atoms with E-state index in [1.165, 1.54) is 4.90 Å². The number of carboxylic acid groups (broad SMARTS) is 1. The molecule has 156 valence electrons. The fraction of sp³-hybridized carbons (Fsp3) is 0.850. The second kappa shape index (κ2) is 11.3. The van der Waals surface area contributed by atoms with Crippen LogP contribution in [0.15, 0.2) is 0 Å². The van der Waals surface area contributed by atoms with E-state index in [0.29, 0.717) is 6.42 Å². The number of carboxylic acids is 1. The van der Waals surface area contributed by atoms with E-state index in [1.807, 2.05) is 6.92 Å². The van der Waals surface area contributed by atoms with Crippen molar-refractivity contribution in [2.45, 2.75) is 97.3 Å². The maximum atomic E-state index is 13.2. The maximum absolute atomic E-state index is 13.2. The Bertz CT molecular complexity index is 511. The van der Waals surface area contributed by atoms with Crippen molar-refractivity contribution in [3.05, 3.63) is 0 Å². The Labute approximate surface area is 162 Å². The summed E-state index contributed by atoms with van der Waals surface area (Å²) < 4.78 is 5.10. The number of carbonyl (C=O) groups is 3. The third-order valence-corrected chi connectivity index (χ3v) is 5.42. The Kier molecular flexibility index (Phi) is 9.77. The molecule has 1 saturated carbocycles. The van der Waals surface area contributed by atoms with Crippen molar-refractivity contribution < 1.29 is 24.2 Å². The molecule has 0 saturated heterocycles. The molecule has 0 aliphatic heterocycles. The summed E-state index contributed by atoms with van der Waals surface area (Å²) in [6, 6.07) is -2.23. The third kappa shape index (κ3) is 6.48. The quantitative estimate of drug-likeness (QED) is 0.562. The van der Waals surface area contributed by atoms with Crippen molar-refractivity contribution in [1.29, 1.82) is 0 Å². The van der Waals surface area contributed by atoms with E-state index in [4.69, 9.17) is 4.74 Å². The fourth-order valence-corrected chi connectivity index (χ4v) is 3.87. The molecule has 0 aromatic carbocycles. The molecule has 0 aromatic rings. The van der Waals surface area contributed by atoms with Crippen molar-refractivity contribution in [3.63, 3.8) is 0 Å². The summed E-state index contributed by atoms with van der Waals surface area (Å²) in [5.41, 5.74) is 0. The first-order valence-electron chi connectivity index (χ1n) is 10.2. The average molecular weight is 385 g/mol. The van der Waals surface area contributed by atoms with Gasteiger partial charge in [0.2, 0.25) is 5.91 Å². The maximum Gasteiger partial charge on any atom is 0.326 e. The van der Waals surface area contributed by atoms with E-state index in [9.17, 15) is 19.5 Å². The lowest BCUT2D eigenvalue weighted by Crippen LogP contribution is -2.59. The summed E-state index contributed by atoms with van der Waals surface area (Å²) in [4.78, 5) is 38.5. The summed E-state index contributed by atoms with van der Waals surface area (Å²) in [7, 11) is 0. The Hall–Kier alpha value is -1.63. The summed E-state index contributed by atoms with van der Waals surface area (Å²) in [6.07, 6.45) is 5.24. The van der Waals surface area contributed by atoms with Gasteiger partial charge in [-0.25, -0.2) is 4.79 Å². The van der Waals surface area contributed by atoms with Gasteiger partial charge in [-0.15, -0.1) is 0 Å². The third-order valence-electron chi connectivity index (χ3n) is 5.42. The van der Waals surface area contributed by atoms with Crippen LogP contribution in [0.25, 0.3) is 0 Å². The average Bonchev–Trinajstić information content (AvgIpc) is 2.62. The van der Waals surface area contributed by atoms with E-state index in [2.05, 4.69) is 12.2 Å². The molecule has 7 nitrogen and oxygen atoms in total. The molecule has 1 aliphatic carbocycles. The van der Waals surface area contributed by atoms with E-state index in [1.54, 1.807) is 20.8 Å². The predicted molar refractivity (Wildman–Crippen MR) is 103 cm³/mol. The van der Waals surface area contributed by atoms with Gasteiger partial charge in [-0.1, -0.05) is 33.1 Å². The van der Waals surface area contributed by atoms with Crippen molar-refractivity contribution in [2.75, 3.05) is 6.61 Å². The highest BCUT2D eigenvalue weighted by atomic mass is 16.5. The van der Waals surface area contributed by atoms with Gasteiger partial charge < -0.3 is 14.7 Å². The van der Waals surface area contributed by atoms with Gasteiger partial charge in [0, 0.05) is 6.04 Å². The Morgan fingerprint density at radius 2 is 1.81 bits per heavy atom. The van der Waals surface area contributed by atoms with Crippen LogP contribution < -0.4 is 5.32 Å². The van der Waals surface area contributed by atoms with Gasteiger partial charge in [0.25, 0.3) is 0 Å². The first kappa shape index (κ1) is 23.4. The smallest absolute Gasteiger partial charge is 0.326 e. The Balaban J connectivity index is 2.98. The number of amides is 1. The molecule has 1 rings (SSSR count). The molecule has 27 heavy (non-hydrogen) atoms. The minimum atomic E-state index is -1.01. The van der Waals surface area contributed by atoms with Crippen molar-refractivity contribution in [3.8, 4) is 0 Å². The van der Waals surface area contributed by atoms with Crippen LogP contribution in [-0.2, 0) is 19.1 Å². The van der Waals surface area contributed by atoms with Crippen LogP contribution in [0.5, 0.6) is 0 Å². The largest absolute Gasteiger partial charge is 0.480 e. The van der Waals surface area contributed by atoms with E-state index >= 15 is 0 Å². The number of hydrogen-bond donors (Lipinski definition) is 2. The van der Waals surface area contributed by atoms with E-state index < -0.39 is 24.1 Å². The van der Waals surface area contributed by atoms with Crippen LogP contribution in [0.1, 0.15) is 73.1 Å². The monoisotopic (exact) mass is 384 g/mol. The van der Waals surface area contributed by atoms with Gasteiger partial charge in [-0.2, -0.15) is 0 Å². The molecular formula is C20H36N2O5. The molecule has 5 atom stereocenters. The van der Waals surface area contributed by atoms with Crippen LogP contribution in [0.4, 0.5) is 0 Å². The lowest BCUT2D eigenvalue weighted by Gasteiger charge is -2.42. The molecular weight excluding hydrogens is 348 g/mol. The zero-order chi connectivity index (χ0) is 20.6. The van der Waals surface area contributed by atoms with Crippen LogP contribution in [-0.4, -0.2) is 58.6 Å². The predicted octanol–water partition coefficient (Wildman–Crippen LogP) is 2.58. The number of nitrogens with zero attached hydrogens (tertiary/aromatic N) is 1. The minimum Gasteiger partial charge on any atom is -0.480 e. The highest BCUT2D eigenvalue weighted by molar-refractivity contribution is 5.87. The van der Waals surface area contributed by atoms with Gasteiger partial charge in [-0.3, -0.25) is 14.9 Å².